The second-order valence-electron chi connectivity index (χ2n) is 6.34. The van der Waals surface area contributed by atoms with Gasteiger partial charge in [0, 0.05) is 19.0 Å². The number of rotatable bonds is 3. The van der Waals surface area contributed by atoms with Gasteiger partial charge in [0.1, 0.15) is 0 Å². The van der Waals surface area contributed by atoms with E-state index in [1.807, 2.05) is 0 Å². The summed E-state index contributed by atoms with van der Waals surface area (Å²) >= 11 is 0. The highest BCUT2D eigenvalue weighted by Gasteiger charge is 2.36. The second kappa shape index (κ2) is 6.17. The van der Waals surface area contributed by atoms with Crippen LogP contribution in [0.15, 0.2) is 23.1 Å². The number of sulfonamides is 1. The first-order chi connectivity index (χ1) is 12.0. The first-order valence-corrected chi connectivity index (χ1v) is 9.64. The summed E-state index contributed by atoms with van der Waals surface area (Å²) in [5.74, 6) is -0.870. The van der Waals surface area contributed by atoms with Crippen molar-refractivity contribution >= 4 is 21.8 Å². The van der Waals surface area contributed by atoms with Gasteiger partial charge in [-0.15, -0.1) is 0 Å². The maximum atomic E-state index is 12.9. The molecular formula is C16H18N2O6S. The number of nitrogens with one attached hydrogen (secondary N) is 1. The standard InChI is InChI=1S/C16H18N2O6S/c19-14-12-2-1-11(9-13(12)15(20)17-14)25(21,22)18-5-3-10(4-6-18)16-23-7-8-24-16/h1-2,9-10,16H,3-8H2,(H,17,19,20). The van der Waals surface area contributed by atoms with Crippen molar-refractivity contribution in [2.45, 2.75) is 24.0 Å². The van der Waals surface area contributed by atoms with Crippen LogP contribution >= 0.6 is 0 Å². The predicted octanol–water partition coefficient (Wildman–Crippen LogP) is 0.344. The van der Waals surface area contributed by atoms with Gasteiger partial charge < -0.3 is 9.47 Å². The van der Waals surface area contributed by atoms with Crippen molar-refractivity contribution in [3.05, 3.63) is 29.3 Å². The van der Waals surface area contributed by atoms with Gasteiger partial charge in [-0.25, -0.2) is 8.42 Å². The second-order valence-corrected chi connectivity index (χ2v) is 8.28. The molecule has 0 aromatic heterocycles. The molecule has 25 heavy (non-hydrogen) atoms. The van der Waals surface area contributed by atoms with Crippen molar-refractivity contribution in [1.82, 2.24) is 9.62 Å². The van der Waals surface area contributed by atoms with Crippen LogP contribution in [0.4, 0.5) is 0 Å². The van der Waals surface area contributed by atoms with Crippen LogP contribution < -0.4 is 5.32 Å². The van der Waals surface area contributed by atoms with Gasteiger partial charge in [-0.3, -0.25) is 14.9 Å². The lowest BCUT2D eigenvalue weighted by Gasteiger charge is -2.33. The molecule has 8 nitrogen and oxygen atoms in total. The molecule has 0 atom stereocenters. The molecule has 3 aliphatic heterocycles. The molecule has 1 N–H and O–H groups in total. The molecule has 2 amide bonds. The quantitative estimate of drug-likeness (QED) is 0.774. The Hall–Kier alpha value is -1.81. The van der Waals surface area contributed by atoms with E-state index < -0.39 is 21.8 Å². The molecule has 4 rings (SSSR count). The summed E-state index contributed by atoms with van der Waals surface area (Å²) in [6.45, 7) is 1.91. The van der Waals surface area contributed by atoms with E-state index >= 15 is 0 Å². The van der Waals surface area contributed by atoms with Gasteiger partial charge >= 0.3 is 0 Å². The highest BCUT2D eigenvalue weighted by molar-refractivity contribution is 7.89. The number of carbonyl (C=O) groups is 2. The number of hydrogen-bond donors (Lipinski definition) is 1. The first kappa shape index (κ1) is 16.6. The molecule has 134 valence electrons. The third-order valence-corrected chi connectivity index (χ3v) is 6.77. The Balaban J connectivity index is 1.52. The van der Waals surface area contributed by atoms with Crippen molar-refractivity contribution in [3.63, 3.8) is 0 Å². The van der Waals surface area contributed by atoms with Gasteiger partial charge in [0.15, 0.2) is 6.29 Å². The maximum Gasteiger partial charge on any atom is 0.258 e. The fraction of sp³-hybridized carbons (Fsp3) is 0.500. The van der Waals surface area contributed by atoms with Crippen LogP contribution in [0.3, 0.4) is 0 Å². The number of ether oxygens (including phenoxy) is 2. The van der Waals surface area contributed by atoms with E-state index in [9.17, 15) is 18.0 Å². The van der Waals surface area contributed by atoms with Crippen LogP contribution in [-0.4, -0.2) is 57.1 Å². The van der Waals surface area contributed by atoms with Crippen molar-refractivity contribution < 1.29 is 27.5 Å². The van der Waals surface area contributed by atoms with Crippen molar-refractivity contribution in [1.29, 1.82) is 0 Å². The van der Waals surface area contributed by atoms with Gasteiger partial charge in [-0.2, -0.15) is 4.31 Å². The largest absolute Gasteiger partial charge is 0.350 e. The Morgan fingerprint density at radius 3 is 2.32 bits per heavy atom. The molecule has 2 fully saturated rings. The highest BCUT2D eigenvalue weighted by Crippen LogP contribution is 2.30. The average Bonchev–Trinajstić information content (AvgIpc) is 3.24. The van der Waals surface area contributed by atoms with E-state index in [0.717, 1.165) is 0 Å². The summed E-state index contributed by atoms with van der Waals surface area (Å²) in [4.78, 5) is 23.4. The Kier molecular flexibility index (Phi) is 4.11. The number of imide groups is 1. The van der Waals surface area contributed by atoms with E-state index in [2.05, 4.69) is 5.32 Å². The summed E-state index contributed by atoms with van der Waals surface area (Å²) in [6.07, 6.45) is 1.08. The number of fused-ring (bicyclic) bond motifs is 1. The molecule has 1 aromatic rings. The van der Waals surface area contributed by atoms with Gasteiger partial charge in [0.05, 0.1) is 29.2 Å². The minimum absolute atomic E-state index is 0.0305. The summed E-state index contributed by atoms with van der Waals surface area (Å²) in [7, 11) is -3.71. The first-order valence-electron chi connectivity index (χ1n) is 8.20. The van der Waals surface area contributed by atoms with Crippen molar-refractivity contribution in [3.8, 4) is 0 Å². The SMILES string of the molecule is O=C1NC(=O)c2cc(S(=O)(=O)N3CCC(C4OCCO4)CC3)ccc21. The minimum Gasteiger partial charge on any atom is -0.350 e. The summed E-state index contributed by atoms with van der Waals surface area (Å²) < 4.78 is 38.1. The number of benzene rings is 1. The van der Waals surface area contributed by atoms with Crippen LogP contribution in [0, 0.1) is 5.92 Å². The molecule has 0 radical (unpaired) electrons. The van der Waals surface area contributed by atoms with E-state index in [0.29, 0.717) is 39.1 Å². The predicted molar refractivity (Wildman–Crippen MR) is 85.4 cm³/mol. The fourth-order valence-corrected chi connectivity index (χ4v) is 4.99. The van der Waals surface area contributed by atoms with Crippen LogP contribution in [0.25, 0.3) is 0 Å². The summed E-state index contributed by atoms with van der Waals surface area (Å²) in [5.41, 5.74) is 0.312. The van der Waals surface area contributed by atoms with E-state index in [4.69, 9.17) is 9.47 Å². The summed E-state index contributed by atoms with van der Waals surface area (Å²) in [5, 5.41) is 2.16. The number of amides is 2. The maximum absolute atomic E-state index is 12.9. The van der Waals surface area contributed by atoms with Crippen LogP contribution in [0.2, 0.25) is 0 Å². The molecule has 3 aliphatic rings. The summed E-state index contributed by atoms with van der Waals surface area (Å²) in [6, 6.07) is 4.04. The number of carbonyl (C=O) groups excluding carboxylic acids is 2. The monoisotopic (exact) mass is 366 g/mol. The van der Waals surface area contributed by atoms with Gasteiger partial charge in [0.25, 0.3) is 11.8 Å². The van der Waals surface area contributed by atoms with E-state index in [-0.39, 0.29) is 28.2 Å². The van der Waals surface area contributed by atoms with E-state index in [1.165, 1.54) is 22.5 Å². The zero-order valence-corrected chi connectivity index (χ0v) is 14.3. The highest BCUT2D eigenvalue weighted by atomic mass is 32.2. The average molecular weight is 366 g/mol. The lowest BCUT2D eigenvalue weighted by molar-refractivity contribution is -0.0938. The lowest BCUT2D eigenvalue weighted by atomic mass is 9.98. The van der Waals surface area contributed by atoms with Gasteiger partial charge in [0.2, 0.25) is 10.0 Å². The van der Waals surface area contributed by atoms with Crippen LogP contribution in [0.1, 0.15) is 33.6 Å². The topological polar surface area (TPSA) is 102 Å². The Morgan fingerprint density at radius 1 is 1.00 bits per heavy atom. The Bertz CT molecular complexity index is 823. The molecule has 1 aromatic carbocycles. The van der Waals surface area contributed by atoms with Gasteiger partial charge in [-0.05, 0) is 31.0 Å². The lowest BCUT2D eigenvalue weighted by Crippen LogP contribution is -2.41. The smallest absolute Gasteiger partial charge is 0.258 e. The number of hydrogen-bond acceptors (Lipinski definition) is 6. The molecule has 0 aliphatic carbocycles. The molecule has 0 saturated carbocycles. The molecule has 0 spiro atoms. The zero-order valence-electron chi connectivity index (χ0n) is 13.4. The molecular weight excluding hydrogens is 348 g/mol. The zero-order chi connectivity index (χ0) is 17.6. The van der Waals surface area contributed by atoms with Crippen molar-refractivity contribution in [2.75, 3.05) is 26.3 Å². The molecule has 0 bridgehead atoms. The number of piperidine rings is 1. The number of nitrogens with zero attached hydrogens (tertiary/aromatic N) is 1. The fourth-order valence-electron chi connectivity index (χ4n) is 3.49. The Labute approximate surface area is 145 Å². The Morgan fingerprint density at radius 2 is 1.64 bits per heavy atom. The molecule has 3 heterocycles. The molecule has 0 unspecified atom stereocenters. The van der Waals surface area contributed by atoms with Gasteiger partial charge in [-0.1, -0.05) is 0 Å². The van der Waals surface area contributed by atoms with Crippen LogP contribution in [0.5, 0.6) is 0 Å². The molecule has 2 saturated heterocycles. The normalized spacial score (nSPS) is 23.0. The van der Waals surface area contributed by atoms with Crippen LogP contribution in [-0.2, 0) is 19.5 Å². The third-order valence-electron chi connectivity index (χ3n) is 4.88. The third kappa shape index (κ3) is 2.86. The van der Waals surface area contributed by atoms with Crippen molar-refractivity contribution in [2.24, 2.45) is 5.92 Å². The van der Waals surface area contributed by atoms with E-state index in [1.54, 1.807) is 0 Å². The molecule has 9 heteroatoms. The minimum atomic E-state index is -3.71.